The molecule has 11 heavy (non-hydrogen) atoms. The summed E-state index contributed by atoms with van der Waals surface area (Å²) in [6.45, 7) is 8.31. The van der Waals surface area contributed by atoms with Gasteiger partial charge in [0.25, 0.3) is 0 Å². The van der Waals surface area contributed by atoms with Crippen LogP contribution in [0.15, 0.2) is 0 Å². The highest BCUT2D eigenvalue weighted by molar-refractivity contribution is 7.80. The number of hydrogen-bond acceptors (Lipinski definition) is 2. The first kappa shape index (κ1) is 8.74. The topological polar surface area (TPSA) is 27.3 Å². The van der Waals surface area contributed by atoms with Crippen molar-refractivity contribution in [2.75, 3.05) is 0 Å². The highest BCUT2D eigenvalue weighted by Crippen LogP contribution is 2.10. The molecule has 1 saturated heterocycles. The third kappa shape index (κ3) is 1.81. The molecular weight excluding hydrogens is 158 g/mol. The number of thiocarbonyl (C=S) groups is 1. The van der Waals surface area contributed by atoms with E-state index in [2.05, 4.69) is 38.4 Å². The van der Waals surface area contributed by atoms with E-state index in [1.54, 1.807) is 0 Å². The Hall–Kier alpha value is -0.350. The van der Waals surface area contributed by atoms with Crippen molar-refractivity contribution < 1.29 is 0 Å². The average molecular weight is 173 g/mol. The molecule has 0 amide bonds. The van der Waals surface area contributed by atoms with Crippen LogP contribution in [0.25, 0.3) is 0 Å². The molecule has 0 unspecified atom stereocenters. The lowest BCUT2D eigenvalue weighted by atomic mass is 10.3. The molecule has 2 N–H and O–H groups in total. The lowest BCUT2D eigenvalue weighted by Crippen LogP contribution is -2.47. The summed E-state index contributed by atoms with van der Waals surface area (Å²) in [5.41, 5.74) is 3.16. The van der Waals surface area contributed by atoms with Crippen molar-refractivity contribution in [3.8, 4) is 0 Å². The zero-order chi connectivity index (χ0) is 8.65. The predicted octanol–water partition coefficient (Wildman–Crippen LogP) is 0.826. The maximum atomic E-state index is 5.12. The lowest BCUT2D eigenvalue weighted by Gasteiger charge is -2.23. The fourth-order valence-electron chi connectivity index (χ4n) is 1.07. The molecule has 1 heterocycles. The van der Waals surface area contributed by atoms with Crippen molar-refractivity contribution in [3.05, 3.63) is 0 Å². The molecular formula is C7H15N3S. The van der Waals surface area contributed by atoms with E-state index in [1.165, 1.54) is 0 Å². The van der Waals surface area contributed by atoms with Crippen LogP contribution in [0.1, 0.15) is 27.7 Å². The van der Waals surface area contributed by atoms with Crippen LogP contribution in [0.3, 0.4) is 0 Å². The Bertz CT molecular complexity index is 177. The Kier molecular flexibility index (Phi) is 2.07. The zero-order valence-corrected chi connectivity index (χ0v) is 8.25. The quantitative estimate of drug-likeness (QED) is 0.574. The van der Waals surface area contributed by atoms with Gasteiger partial charge in [-0.15, -0.1) is 0 Å². The van der Waals surface area contributed by atoms with Crippen molar-refractivity contribution in [2.24, 2.45) is 0 Å². The molecule has 0 bridgehead atoms. The van der Waals surface area contributed by atoms with Gasteiger partial charge in [0.15, 0.2) is 5.11 Å². The third-order valence-corrected chi connectivity index (χ3v) is 1.85. The number of rotatable bonds is 1. The molecule has 0 aromatic carbocycles. The first-order valence-corrected chi connectivity index (χ1v) is 4.22. The van der Waals surface area contributed by atoms with Crippen LogP contribution in [0, 0.1) is 0 Å². The highest BCUT2D eigenvalue weighted by Gasteiger charge is 2.32. The average Bonchev–Trinajstić information content (AvgIpc) is 2.05. The van der Waals surface area contributed by atoms with Crippen molar-refractivity contribution >= 4 is 17.3 Å². The van der Waals surface area contributed by atoms with Gasteiger partial charge >= 0.3 is 0 Å². The van der Waals surface area contributed by atoms with Gasteiger partial charge in [-0.25, -0.2) is 5.43 Å². The fraction of sp³-hybridized carbons (Fsp3) is 0.857. The minimum atomic E-state index is -0.0959. The van der Waals surface area contributed by atoms with E-state index in [1.807, 2.05) is 5.01 Å². The molecule has 64 valence electrons. The minimum Gasteiger partial charge on any atom is -0.343 e. The van der Waals surface area contributed by atoms with Crippen LogP contribution < -0.4 is 10.7 Å². The smallest absolute Gasteiger partial charge is 0.185 e. The van der Waals surface area contributed by atoms with Crippen LogP contribution >= 0.6 is 12.2 Å². The summed E-state index contributed by atoms with van der Waals surface area (Å²) in [5, 5.41) is 5.92. The lowest BCUT2D eigenvalue weighted by molar-refractivity contribution is 0.215. The largest absolute Gasteiger partial charge is 0.343 e. The molecule has 0 spiro atoms. The first-order valence-electron chi connectivity index (χ1n) is 3.81. The van der Waals surface area contributed by atoms with Gasteiger partial charge in [-0.1, -0.05) is 0 Å². The second kappa shape index (κ2) is 2.60. The summed E-state index contributed by atoms with van der Waals surface area (Å²) in [6, 6.07) is 0.400. The number of nitrogens with zero attached hydrogens (tertiary/aromatic N) is 1. The molecule has 0 radical (unpaired) electrons. The summed E-state index contributed by atoms with van der Waals surface area (Å²) in [4.78, 5) is 0. The van der Waals surface area contributed by atoms with E-state index in [9.17, 15) is 0 Å². The van der Waals surface area contributed by atoms with Gasteiger partial charge < -0.3 is 5.32 Å². The van der Waals surface area contributed by atoms with E-state index >= 15 is 0 Å². The monoisotopic (exact) mass is 173 g/mol. The second-order valence-corrected chi connectivity index (χ2v) is 4.02. The summed E-state index contributed by atoms with van der Waals surface area (Å²) in [6.07, 6.45) is 0. The Morgan fingerprint density at radius 3 is 2.18 bits per heavy atom. The summed E-state index contributed by atoms with van der Waals surface area (Å²) < 4.78 is 0. The molecule has 0 aliphatic carbocycles. The van der Waals surface area contributed by atoms with Gasteiger partial charge in [0.2, 0.25) is 0 Å². The Morgan fingerprint density at radius 2 is 2.00 bits per heavy atom. The molecule has 0 aromatic heterocycles. The third-order valence-electron chi connectivity index (χ3n) is 1.55. The van der Waals surface area contributed by atoms with Crippen molar-refractivity contribution in [3.63, 3.8) is 0 Å². The number of hydrazine groups is 1. The van der Waals surface area contributed by atoms with Gasteiger partial charge in [-0.3, -0.25) is 5.01 Å². The van der Waals surface area contributed by atoms with E-state index in [4.69, 9.17) is 12.2 Å². The molecule has 0 saturated carbocycles. The van der Waals surface area contributed by atoms with E-state index in [0.29, 0.717) is 6.04 Å². The van der Waals surface area contributed by atoms with E-state index < -0.39 is 0 Å². The van der Waals surface area contributed by atoms with E-state index in [-0.39, 0.29) is 5.66 Å². The normalized spacial score (nSPS) is 22.6. The van der Waals surface area contributed by atoms with Gasteiger partial charge in [0.05, 0.1) is 0 Å². The van der Waals surface area contributed by atoms with Crippen LogP contribution in [0.2, 0.25) is 0 Å². The van der Waals surface area contributed by atoms with E-state index in [0.717, 1.165) is 5.11 Å². The van der Waals surface area contributed by atoms with Crippen molar-refractivity contribution in [2.45, 2.75) is 39.4 Å². The molecule has 3 nitrogen and oxygen atoms in total. The van der Waals surface area contributed by atoms with Crippen LogP contribution in [0.5, 0.6) is 0 Å². The maximum Gasteiger partial charge on any atom is 0.185 e. The Labute approximate surface area is 73.1 Å². The molecule has 1 rings (SSSR count). The molecule has 1 aliphatic rings. The van der Waals surface area contributed by atoms with Gasteiger partial charge in [0, 0.05) is 6.04 Å². The highest BCUT2D eigenvalue weighted by atomic mass is 32.1. The standard InChI is InChI=1S/C7H15N3S/c1-5(2)10-6(11)8-7(3,4)9-10/h5,9H,1-4H3,(H,8,11). The molecule has 0 atom stereocenters. The van der Waals surface area contributed by atoms with Crippen molar-refractivity contribution in [1.29, 1.82) is 0 Å². The second-order valence-electron chi connectivity index (χ2n) is 3.63. The van der Waals surface area contributed by atoms with Crippen molar-refractivity contribution in [1.82, 2.24) is 15.8 Å². The summed E-state index contributed by atoms with van der Waals surface area (Å²) >= 11 is 5.12. The molecule has 0 aromatic rings. The van der Waals surface area contributed by atoms with Crippen LogP contribution in [-0.2, 0) is 0 Å². The van der Waals surface area contributed by atoms with Gasteiger partial charge in [0.1, 0.15) is 5.66 Å². The predicted molar refractivity (Wildman–Crippen MR) is 49.9 cm³/mol. The number of hydrogen-bond donors (Lipinski definition) is 2. The van der Waals surface area contributed by atoms with Gasteiger partial charge in [-0.2, -0.15) is 0 Å². The van der Waals surface area contributed by atoms with Crippen LogP contribution in [0.4, 0.5) is 0 Å². The Balaban J connectivity index is 2.67. The molecule has 1 aliphatic heterocycles. The maximum absolute atomic E-state index is 5.12. The minimum absolute atomic E-state index is 0.0959. The zero-order valence-electron chi connectivity index (χ0n) is 7.43. The SMILES string of the molecule is CC(C)N1NC(C)(C)NC1=S. The van der Waals surface area contributed by atoms with Crippen LogP contribution in [-0.4, -0.2) is 21.8 Å². The Morgan fingerprint density at radius 1 is 1.45 bits per heavy atom. The fourth-order valence-corrected chi connectivity index (χ4v) is 1.58. The molecule has 1 fully saturated rings. The summed E-state index contributed by atoms with van der Waals surface area (Å²) in [5.74, 6) is 0. The molecule has 4 heteroatoms. The first-order chi connectivity index (χ1) is 4.92. The summed E-state index contributed by atoms with van der Waals surface area (Å²) in [7, 11) is 0. The van der Waals surface area contributed by atoms with Gasteiger partial charge in [-0.05, 0) is 39.9 Å². The number of nitrogens with one attached hydrogen (secondary N) is 2.